The number of thioether (sulfide) groups is 1. The van der Waals surface area contributed by atoms with E-state index < -0.39 is 0 Å². The molecule has 0 spiro atoms. The molecular formula is C19H18BrClN4OS. The molecule has 1 aromatic heterocycles. The number of carbonyl (C=O) groups is 1. The van der Waals surface area contributed by atoms with Gasteiger partial charge in [0, 0.05) is 17.1 Å². The zero-order chi connectivity index (χ0) is 19.6. The van der Waals surface area contributed by atoms with E-state index in [2.05, 4.69) is 31.4 Å². The maximum absolute atomic E-state index is 12.3. The highest BCUT2D eigenvalue weighted by Gasteiger charge is 2.15. The van der Waals surface area contributed by atoms with Gasteiger partial charge in [0.15, 0.2) is 11.0 Å². The van der Waals surface area contributed by atoms with E-state index in [0.717, 1.165) is 21.3 Å². The monoisotopic (exact) mass is 464 g/mol. The van der Waals surface area contributed by atoms with E-state index in [4.69, 9.17) is 11.6 Å². The van der Waals surface area contributed by atoms with Crippen molar-refractivity contribution in [1.82, 2.24) is 14.8 Å². The van der Waals surface area contributed by atoms with Crippen molar-refractivity contribution in [3.8, 4) is 11.4 Å². The third kappa shape index (κ3) is 4.54. The number of amides is 1. The summed E-state index contributed by atoms with van der Waals surface area (Å²) in [6, 6.07) is 11.4. The van der Waals surface area contributed by atoms with Gasteiger partial charge in [0.2, 0.25) is 5.91 Å². The van der Waals surface area contributed by atoms with Crippen LogP contribution in [0.1, 0.15) is 11.1 Å². The Balaban J connectivity index is 1.68. The topological polar surface area (TPSA) is 59.8 Å². The summed E-state index contributed by atoms with van der Waals surface area (Å²) in [4.78, 5) is 12.3. The molecule has 1 amide bonds. The van der Waals surface area contributed by atoms with Crippen molar-refractivity contribution in [2.24, 2.45) is 7.05 Å². The summed E-state index contributed by atoms with van der Waals surface area (Å²) in [7, 11) is 1.86. The molecule has 2 aromatic carbocycles. The van der Waals surface area contributed by atoms with Crippen LogP contribution >= 0.6 is 39.3 Å². The number of nitrogens with zero attached hydrogens (tertiary/aromatic N) is 3. The lowest BCUT2D eigenvalue weighted by molar-refractivity contribution is -0.113. The number of carbonyl (C=O) groups excluding carboxylic acids is 1. The van der Waals surface area contributed by atoms with Gasteiger partial charge in [-0.1, -0.05) is 35.5 Å². The van der Waals surface area contributed by atoms with Gasteiger partial charge < -0.3 is 9.88 Å². The number of anilines is 1. The number of aromatic nitrogens is 3. The summed E-state index contributed by atoms with van der Waals surface area (Å²) in [5.74, 6) is 0.792. The van der Waals surface area contributed by atoms with Crippen LogP contribution in [0.2, 0.25) is 5.02 Å². The molecule has 8 heteroatoms. The second kappa shape index (κ2) is 8.46. The Kier molecular flexibility index (Phi) is 6.24. The fraction of sp³-hybridized carbons (Fsp3) is 0.211. The highest BCUT2D eigenvalue weighted by atomic mass is 79.9. The summed E-state index contributed by atoms with van der Waals surface area (Å²) < 4.78 is 2.70. The Hall–Kier alpha value is -1.83. The molecule has 0 saturated carbocycles. The maximum Gasteiger partial charge on any atom is 0.234 e. The van der Waals surface area contributed by atoms with Crippen LogP contribution in [0.4, 0.5) is 5.69 Å². The first-order chi connectivity index (χ1) is 12.9. The Bertz CT molecular complexity index is 1010. The van der Waals surface area contributed by atoms with Crippen molar-refractivity contribution in [2.75, 3.05) is 11.1 Å². The van der Waals surface area contributed by atoms with Crippen molar-refractivity contribution in [3.63, 3.8) is 0 Å². The van der Waals surface area contributed by atoms with Crippen molar-refractivity contribution < 1.29 is 4.79 Å². The fourth-order valence-corrected chi connectivity index (χ4v) is 4.00. The average molecular weight is 466 g/mol. The number of aryl methyl sites for hydroxylation is 2. The zero-order valence-electron chi connectivity index (χ0n) is 15.1. The number of hydrogen-bond acceptors (Lipinski definition) is 4. The minimum absolute atomic E-state index is 0.105. The molecule has 0 aliphatic heterocycles. The van der Waals surface area contributed by atoms with Crippen molar-refractivity contribution in [1.29, 1.82) is 0 Å². The van der Waals surface area contributed by atoms with Crippen LogP contribution in [-0.4, -0.2) is 26.4 Å². The molecule has 140 valence electrons. The van der Waals surface area contributed by atoms with E-state index in [1.807, 2.05) is 61.9 Å². The van der Waals surface area contributed by atoms with E-state index in [-0.39, 0.29) is 11.7 Å². The van der Waals surface area contributed by atoms with Gasteiger partial charge in [0.1, 0.15) is 0 Å². The molecule has 1 N–H and O–H groups in total. The third-order valence-electron chi connectivity index (χ3n) is 4.14. The number of rotatable bonds is 5. The lowest BCUT2D eigenvalue weighted by Gasteiger charge is -2.10. The average Bonchev–Trinajstić information content (AvgIpc) is 2.99. The maximum atomic E-state index is 12.3. The smallest absolute Gasteiger partial charge is 0.234 e. The van der Waals surface area contributed by atoms with Crippen LogP contribution in [0.5, 0.6) is 0 Å². The lowest BCUT2D eigenvalue weighted by atomic mass is 10.1. The number of hydrogen-bond donors (Lipinski definition) is 1. The van der Waals surface area contributed by atoms with Gasteiger partial charge in [0.25, 0.3) is 0 Å². The summed E-state index contributed by atoms with van der Waals surface area (Å²) in [6.07, 6.45) is 0. The van der Waals surface area contributed by atoms with Gasteiger partial charge in [-0.05, 0) is 65.2 Å². The quantitative estimate of drug-likeness (QED) is 0.523. The van der Waals surface area contributed by atoms with Crippen molar-refractivity contribution >= 4 is 50.9 Å². The Morgan fingerprint density at radius 2 is 1.93 bits per heavy atom. The Labute approximate surface area is 175 Å². The second-order valence-corrected chi connectivity index (χ2v) is 8.30. The van der Waals surface area contributed by atoms with E-state index >= 15 is 0 Å². The largest absolute Gasteiger partial charge is 0.324 e. The van der Waals surface area contributed by atoms with Crippen LogP contribution in [0.3, 0.4) is 0 Å². The molecule has 5 nitrogen and oxygen atoms in total. The molecular weight excluding hydrogens is 448 g/mol. The predicted octanol–water partition coefficient (Wildman–Crippen LogP) is 5.25. The van der Waals surface area contributed by atoms with Gasteiger partial charge in [-0.2, -0.15) is 0 Å². The van der Waals surface area contributed by atoms with E-state index in [1.54, 1.807) is 0 Å². The van der Waals surface area contributed by atoms with Gasteiger partial charge in [0.05, 0.1) is 16.5 Å². The first kappa shape index (κ1) is 19.9. The van der Waals surface area contributed by atoms with Gasteiger partial charge in [-0.25, -0.2) is 0 Å². The molecule has 0 fully saturated rings. The minimum atomic E-state index is -0.105. The Morgan fingerprint density at radius 1 is 1.22 bits per heavy atom. The first-order valence-electron chi connectivity index (χ1n) is 8.20. The van der Waals surface area contributed by atoms with Crippen molar-refractivity contribution in [3.05, 3.63) is 57.0 Å². The molecule has 1 heterocycles. The van der Waals surface area contributed by atoms with E-state index in [0.29, 0.717) is 16.0 Å². The molecule has 3 aromatic rings. The summed E-state index contributed by atoms with van der Waals surface area (Å²) in [6.45, 7) is 4.05. The number of halogens is 2. The highest BCUT2D eigenvalue weighted by Crippen LogP contribution is 2.29. The predicted molar refractivity (Wildman–Crippen MR) is 114 cm³/mol. The lowest BCUT2D eigenvalue weighted by Crippen LogP contribution is -2.15. The van der Waals surface area contributed by atoms with Crippen LogP contribution in [0.15, 0.2) is 46.0 Å². The summed E-state index contributed by atoms with van der Waals surface area (Å²) >= 11 is 11.1. The third-order valence-corrected chi connectivity index (χ3v) is 6.15. The minimum Gasteiger partial charge on any atom is -0.324 e. The molecule has 0 aliphatic rings. The second-order valence-electron chi connectivity index (χ2n) is 6.10. The molecule has 0 aliphatic carbocycles. The number of benzene rings is 2. The molecule has 0 bridgehead atoms. The molecule has 0 unspecified atom stereocenters. The van der Waals surface area contributed by atoms with Crippen molar-refractivity contribution in [2.45, 2.75) is 19.0 Å². The molecule has 0 atom stereocenters. The van der Waals surface area contributed by atoms with Crippen LogP contribution in [0, 0.1) is 13.8 Å². The Morgan fingerprint density at radius 3 is 2.67 bits per heavy atom. The first-order valence-corrected chi connectivity index (χ1v) is 10.4. The molecule has 0 saturated heterocycles. The van der Waals surface area contributed by atoms with Gasteiger partial charge in [-0.3, -0.25) is 4.79 Å². The zero-order valence-corrected chi connectivity index (χ0v) is 18.2. The highest BCUT2D eigenvalue weighted by molar-refractivity contribution is 9.10. The van der Waals surface area contributed by atoms with Crippen LogP contribution in [-0.2, 0) is 11.8 Å². The van der Waals surface area contributed by atoms with E-state index in [9.17, 15) is 4.79 Å². The van der Waals surface area contributed by atoms with Gasteiger partial charge >= 0.3 is 0 Å². The number of nitrogens with one attached hydrogen (secondary N) is 1. The summed E-state index contributed by atoms with van der Waals surface area (Å²) in [5.41, 5.74) is 3.86. The molecule has 0 radical (unpaired) electrons. The van der Waals surface area contributed by atoms with Crippen LogP contribution in [0.25, 0.3) is 11.4 Å². The summed E-state index contributed by atoms with van der Waals surface area (Å²) in [5, 5.41) is 12.6. The fourth-order valence-electron chi connectivity index (χ4n) is 2.51. The molecule has 3 rings (SSSR count). The normalized spacial score (nSPS) is 10.9. The van der Waals surface area contributed by atoms with Crippen LogP contribution < -0.4 is 5.32 Å². The van der Waals surface area contributed by atoms with Gasteiger partial charge in [-0.15, -0.1) is 10.2 Å². The SMILES string of the molecule is Cc1cc(Br)c(NC(=O)CSc2nnc(-c3ccccc3Cl)n2C)cc1C. The standard InChI is InChI=1S/C19H18BrClN4OS/c1-11-8-14(20)16(9-12(11)2)22-17(26)10-27-19-24-23-18(25(19)3)13-6-4-5-7-15(13)21/h4-9H,10H2,1-3H3,(H,22,26). The van der Waals surface area contributed by atoms with E-state index in [1.165, 1.54) is 17.3 Å². The molecule has 27 heavy (non-hydrogen) atoms.